The van der Waals surface area contributed by atoms with E-state index in [-0.39, 0.29) is 33.7 Å². The van der Waals surface area contributed by atoms with Crippen LogP contribution in [0.4, 0.5) is 11.6 Å². The maximum Gasteiger partial charge on any atom is 0.328 e. The Hall–Kier alpha value is -2.19. The van der Waals surface area contributed by atoms with E-state index in [2.05, 4.69) is 20.3 Å². The Morgan fingerprint density at radius 1 is 1.33 bits per heavy atom. The molecule has 0 atom stereocenters. The van der Waals surface area contributed by atoms with E-state index in [1.807, 2.05) is 6.92 Å². The van der Waals surface area contributed by atoms with E-state index in [1.54, 1.807) is 0 Å². The van der Waals surface area contributed by atoms with Gasteiger partial charge >= 0.3 is 6.01 Å². The van der Waals surface area contributed by atoms with Crippen LogP contribution in [-0.4, -0.2) is 26.4 Å². The number of ether oxygens (including phenoxy) is 1. The second-order valence-electron chi connectivity index (χ2n) is 3.71. The van der Waals surface area contributed by atoms with Crippen molar-refractivity contribution in [3.05, 3.63) is 38.6 Å². The highest BCUT2D eigenvalue weighted by Crippen LogP contribution is 2.31. The van der Waals surface area contributed by atoms with Gasteiger partial charge in [-0.25, -0.2) is 0 Å². The Morgan fingerprint density at radius 2 is 2.10 bits per heavy atom. The zero-order chi connectivity index (χ0) is 15.4. The lowest BCUT2D eigenvalue weighted by atomic mass is 10.3. The molecule has 0 aliphatic carbocycles. The summed E-state index contributed by atoms with van der Waals surface area (Å²) in [6.45, 7) is 2.46. The lowest BCUT2D eigenvalue weighted by Crippen LogP contribution is -2.05. The van der Waals surface area contributed by atoms with Crippen LogP contribution in [0.3, 0.4) is 0 Å². The third kappa shape index (κ3) is 3.89. The normalized spacial score (nSPS) is 10.2. The average molecular weight is 330 g/mol. The van der Waals surface area contributed by atoms with Gasteiger partial charge in [0.05, 0.1) is 9.95 Å². The van der Waals surface area contributed by atoms with Gasteiger partial charge in [0, 0.05) is 18.7 Å². The van der Waals surface area contributed by atoms with E-state index in [0.29, 0.717) is 6.54 Å². The quantitative estimate of drug-likeness (QED) is 0.662. The predicted octanol–water partition coefficient (Wildman–Crippen LogP) is 3.31. The number of nitrogens with one attached hydrogen (secondary N) is 1. The first-order chi connectivity index (χ1) is 9.99. The maximum atomic E-state index is 10.6. The van der Waals surface area contributed by atoms with Crippen LogP contribution in [0.1, 0.15) is 6.92 Å². The lowest BCUT2D eigenvalue weighted by Gasteiger charge is -2.07. The molecular formula is C11H9Cl2N5O3. The van der Waals surface area contributed by atoms with Gasteiger partial charge in [0.2, 0.25) is 11.2 Å². The highest BCUT2D eigenvalue weighted by atomic mass is 35.5. The monoisotopic (exact) mass is 329 g/mol. The molecule has 0 fully saturated rings. The van der Waals surface area contributed by atoms with Crippen molar-refractivity contribution in [2.24, 2.45) is 0 Å². The van der Waals surface area contributed by atoms with Crippen LogP contribution in [0.25, 0.3) is 0 Å². The summed E-state index contributed by atoms with van der Waals surface area (Å²) in [7, 11) is 0. The van der Waals surface area contributed by atoms with Crippen LogP contribution in [-0.2, 0) is 0 Å². The standard InChI is InChI=1S/C11H9Cl2N5O3/c1-2-14-10-15-9(13)16-11(17-10)21-8-4-3-6(18(19)20)5-7(8)12/h3-5H,2H2,1H3,(H,14,15,16,17). The summed E-state index contributed by atoms with van der Waals surface area (Å²) in [5.41, 5.74) is -0.144. The Morgan fingerprint density at radius 3 is 2.71 bits per heavy atom. The molecule has 21 heavy (non-hydrogen) atoms. The Labute approximate surface area is 129 Å². The molecule has 10 heteroatoms. The summed E-state index contributed by atoms with van der Waals surface area (Å²) < 4.78 is 5.37. The van der Waals surface area contributed by atoms with E-state index in [9.17, 15) is 10.1 Å². The fraction of sp³-hybridized carbons (Fsp3) is 0.182. The van der Waals surface area contributed by atoms with Crippen molar-refractivity contribution >= 4 is 34.8 Å². The molecular weight excluding hydrogens is 321 g/mol. The van der Waals surface area contributed by atoms with Crippen LogP contribution < -0.4 is 10.1 Å². The van der Waals surface area contributed by atoms with E-state index in [1.165, 1.54) is 18.2 Å². The van der Waals surface area contributed by atoms with E-state index < -0.39 is 4.92 Å². The molecule has 1 aromatic heterocycles. The van der Waals surface area contributed by atoms with E-state index in [0.717, 1.165) is 0 Å². The second kappa shape index (κ2) is 6.51. The molecule has 0 spiro atoms. The molecule has 0 aliphatic rings. The summed E-state index contributed by atoms with van der Waals surface area (Å²) in [4.78, 5) is 21.7. The molecule has 1 N–H and O–H groups in total. The number of nitro groups is 1. The number of nitro benzene ring substituents is 1. The highest BCUT2D eigenvalue weighted by molar-refractivity contribution is 6.32. The van der Waals surface area contributed by atoms with Crippen molar-refractivity contribution < 1.29 is 9.66 Å². The number of nitrogens with zero attached hydrogens (tertiary/aromatic N) is 4. The summed E-state index contributed by atoms with van der Waals surface area (Å²) in [5.74, 6) is 0.428. The number of hydrogen-bond donors (Lipinski definition) is 1. The second-order valence-corrected chi connectivity index (χ2v) is 4.46. The van der Waals surface area contributed by atoms with Gasteiger partial charge < -0.3 is 10.1 Å². The van der Waals surface area contributed by atoms with E-state index in [4.69, 9.17) is 27.9 Å². The van der Waals surface area contributed by atoms with Crippen molar-refractivity contribution in [2.75, 3.05) is 11.9 Å². The minimum Gasteiger partial charge on any atom is -0.423 e. The van der Waals surface area contributed by atoms with Gasteiger partial charge in [-0.2, -0.15) is 15.0 Å². The van der Waals surface area contributed by atoms with Gasteiger partial charge in [-0.15, -0.1) is 0 Å². The van der Waals surface area contributed by atoms with Gasteiger partial charge in [0.15, 0.2) is 0 Å². The molecule has 110 valence electrons. The van der Waals surface area contributed by atoms with Gasteiger partial charge in [-0.05, 0) is 24.6 Å². The highest BCUT2D eigenvalue weighted by Gasteiger charge is 2.13. The van der Waals surface area contributed by atoms with E-state index >= 15 is 0 Å². The SMILES string of the molecule is CCNc1nc(Cl)nc(Oc2ccc([N+](=O)[O-])cc2Cl)n1. The number of halogens is 2. The Bertz CT molecular complexity index is 683. The Balaban J connectivity index is 2.27. The fourth-order valence-electron chi connectivity index (χ4n) is 1.40. The zero-order valence-electron chi connectivity index (χ0n) is 10.7. The van der Waals surface area contributed by atoms with Gasteiger partial charge in [0.1, 0.15) is 5.75 Å². The zero-order valence-corrected chi connectivity index (χ0v) is 12.2. The number of rotatable bonds is 5. The third-order valence-electron chi connectivity index (χ3n) is 2.25. The van der Waals surface area contributed by atoms with Gasteiger partial charge in [-0.3, -0.25) is 10.1 Å². The summed E-state index contributed by atoms with van der Waals surface area (Å²) in [6.07, 6.45) is 0. The third-order valence-corrected chi connectivity index (χ3v) is 2.71. The smallest absolute Gasteiger partial charge is 0.328 e. The van der Waals surface area contributed by atoms with Crippen LogP contribution in [0, 0.1) is 10.1 Å². The van der Waals surface area contributed by atoms with Crippen molar-refractivity contribution in [1.82, 2.24) is 15.0 Å². The molecule has 2 aromatic rings. The molecule has 0 radical (unpaired) electrons. The summed E-state index contributed by atoms with van der Waals surface area (Å²) >= 11 is 11.7. The van der Waals surface area contributed by atoms with Crippen LogP contribution in [0.15, 0.2) is 18.2 Å². The van der Waals surface area contributed by atoms with Crippen LogP contribution in [0.2, 0.25) is 10.3 Å². The maximum absolute atomic E-state index is 10.6. The Kier molecular flexibility index (Phi) is 4.71. The minimum absolute atomic E-state index is 0.0472. The first-order valence-electron chi connectivity index (χ1n) is 5.77. The summed E-state index contributed by atoms with van der Waals surface area (Å²) in [6, 6.07) is 3.72. The number of aromatic nitrogens is 3. The van der Waals surface area contributed by atoms with Crippen LogP contribution >= 0.6 is 23.2 Å². The van der Waals surface area contributed by atoms with Gasteiger partial charge in [-0.1, -0.05) is 11.6 Å². The first-order valence-corrected chi connectivity index (χ1v) is 6.52. The number of anilines is 1. The molecule has 0 saturated heterocycles. The molecule has 1 aromatic carbocycles. The lowest BCUT2D eigenvalue weighted by molar-refractivity contribution is -0.384. The molecule has 8 nitrogen and oxygen atoms in total. The van der Waals surface area contributed by atoms with Gasteiger partial charge in [0.25, 0.3) is 5.69 Å². The molecule has 0 aliphatic heterocycles. The number of non-ortho nitro benzene ring substituents is 1. The minimum atomic E-state index is -0.557. The fourth-order valence-corrected chi connectivity index (χ4v) is 1.76. The summed E-state index contributed by atoms with van der Waals surface area (Å²) in [5, 5.41) is 13.5. The first kappa shape index (κ1) is 15.2. The molecule has 0 bridgehead atoms. The molecule has 0 saturated carbocycles. The van der Waals surface area contributed by atoms with Crippen molar-refractivity contribution in [3.8, 4) is 11.8 Å². The average Bonchev–Trinajstić information content (AvgIpc) is 2.40. The van der Waals surface area contributed by atoms with Crippen molar-refractivity contribution in [1.29, 1.82) is 0 Å². The molecule has 0 amide bonds. The number of benzene rings is 1. The predicted molar refractivity (Wildman–Crippen MR) is 77.2 cm³/mol. The largest absolute Gasteiger partial charge is 0.423 e. The molecule has 1 heterocycles. The van der Waals surface area contributed by atoms with Crippen molar-refractivity contribution in [3.63, 3.8) is 0 Å². The van der Waals surface area contributed by atoms with Crippen molar-refractivity contribution in [2.45, 2.75) is 6.92 Å². The molecule has 0 unspecified atom stereocenters. The van der Waals surface area contributed by atoms with Crippen LogP contribution in [0.5, 0.6) is 11.8 Å². The molecule has 2 rings (SSSR count). The topological polar surface area (TPSA) is 103 Å². The number of hydrogen-bond acceptors (Lipinski definition) is 7.